The molecule has 2 fully saturated rings. The standard InChI is InChI=1S/C15H20N2O3S/c1-8-13(21-9(2)16-8)14(18)17-7-10-5-4-6-11(10)12(17)15(19)20-3/h10-12H,4-7H2,1-3H3/t10-,11+,12-/m0/s1. The second-order valence-electron chi connectivity index (χ2n) is 5.93. The van der Waals surface area contributed by atoms with Gasteiger partial charge in [0.05, 0.1) is 17.8 Å². The van der Waals surface area contributed by atoms with Crippen LogP contribution >= 0.6 is 11.3 Å². The van der Waals surface area contributed by atoms with Gasteiger partial charge in [-0.15, -0.1) is 11.3 Å². The molecule has 1 aliphatic heterocycles. The maximum atomic E-state index is 12.8. The van der Waals surface area contributed by atoms with Crippen LogP contribution in [0, 0.1) is 25.7 Å². The Hall–Kier alpha value is -1.43. The van der Waals surface area contributed by atoms with E-state index < -0.39 is 6.04 Å². The Morgan fingerprint density at radius 1 is 1.33 bits per heavy atom. The van der Waals surface area contributed by atoms with Crippen molar-refractivity contribution >= 4 is 23.2 Å². The number of fused-ring (bicyclic) bond motifs is 1. The monoisotopic (exact) mass is 308 g/mol. The summed E-state index contributed by atoms with van der Waals surface area (Å²) in [5, 5.41) is 0.879. The van der Waals surface area contributed by atoms with Crippen LogP contribution in [0.1, 0.15) is 39.6 Å². The molecular formula is C15H20N2O3S. The molecule has 3 rings (SSSR count). The van der Waals surface area contributed by atoms with Gasteiger partial charge in [-0.2, -0.15) is 0 Å². The van der Waals surface area contributed by atoms with Crippen molar-refractivity contribution in [2.75, 3.05) is 13.7 Å². The Kier molecular flexibility index (Phi) is 3.73. The van der Waals surface area contributed by atoms with Gasteiger partial charge < -0.3 is 9.64 Å². The SMILES string of the molecule is COC(=O)[C@@H]1[C@@H]2CCC[C@H]2CN1C(=O)c1sc(C)nc1C. The molecule has 1 saturated carbocycles. The number of carbonyl (C=O) groups is 2. The number of nitrogens with zero attached hydrogens (tertiary/aromatic N) is 2. The minimum atomic E-state index is -0.420. The number of aryl methyl sites for hydroxylation is 2. The molecule has 1 aromatic rings. The molecule has 0 bridgehead atoms. The van der Waals surface area contributed by atoms with Crippen LogP contribution in [0.25, 0.3) is 0 Å². The quantitative estimate of drug-likeness (QED) is 0.786. The minimum absolute atomic E-state index is 0.0668. The zero-order valence-corrected chi connectivity index (χ0v) is 13.4. The summed E-state index contributed by atoms with van der Waals surface area (Å²) in [6.45, 7) is 4.41. The molecule has 1 amide bonds. The van der Waals surface area contributed by atoms with E-state index in [-0.39, 0.29) is 17.8 Å². The van der Waals surface area contributed by atoms with Crippen LogP contribution in [-0.4, -0.2) is 41.5 Å². The third-order valence-electron chi connectivity index (χ3n) is 4.69. The smallest absolute Gasteiger partial charge is 0.328 e. The van der Waals surface area contributed by atoms with Crippen LogP contribution in [0.2, 0.25) is 0 Å². The largest absolute Gasteiger partial charge is 0.467 e. The second-order valence-corrected chi connectivity index (χ2v) is 7.13. The highest BCUT2D eigenvalue weighted by molar-refractivity contribution is 7.13. The van der Waals surface area contributed by atoms with Crippen LogP contribution in [0.5, 0.6) is 0 Å². The summed E-state index contributed by atoms with van der Waals surface area (Å²) in [6, 6.07) is -0.420. The van der Waals surface area contributed by atoms with E-state index in [0.717, 1.165) is 30.0 Å². The van der Waals surface area contributed by atoms with E-state index in [0.29, 0.717) is 17.3 Å². The summed E-state index contributed by atoms with van der Waals surface area (Å²) in [5.41, 5.74) is 0.753. The van der Waals surface area contributed by atoms with Gasteiger partial charge in [0.1, 0.15) is 10.9 Å². The number of carbonyl (C=O) groups excluding carboxylic acids is 2. The summed E-state index contributed by atoms with van der Waals surface area (Å²) >= 11 is 1.40. The van der Waals surface area contributed by atoms with Crippen molar-refractivity contribution in [3.8, 4) is 0 Å². The molecule has 0 N–H and O–H groups in total. The molecule has 21 heavy (non-hydrogen) atoms. The van der Waals surface area contributed by atoms with E-state index in [4.69, 9.17) is 4.74 Å². The molecule has 2 aliphatic rings. The van der Waals surface area contributed by atoms with Gasteiger partial charge in [0.15, 0.2) is 0 Å². The van der Waals surface area contributed by atoms with Crippen molar-refractivity contribution in [2.45, 2.75) is 39.2 Å². The predicted molar refractivity (Wildman–Crippen MR) is 79.3 cm³/mol. The van der Waals surface area contributed by atoms with E-state index in [1.807, 2.05) is 13.8 Å². The van der Waals surface area contributed by atoms with Crippen molar-refractivity contribution in [3.63, 3.8) is 0 Å². The topological polar surface area (TPSA) is 59.5 Å². The third kappa shape index (κ3) is 2.35. The van der Waals surface area contributed by atoms with Crippen LogP contribution in [-0.2, 0) is 9.53 Å². The number of esters is 1. The minimum Gasteiger partial charge on any atom is -0.467 e. The first-order chi connectivity index (χ1) is 10.0. The van der Waals surface area contributed by atoms with Crippen molar-refractivity contribution in [2.24, 2.45) is 11.8 Å². The zero-order valence-electron chi connectivity index (χ0n) is 12.6. The lowest BCUT2D eigenvalue weighted by molar-refractivity contribution is -0.146. The molecule has 1 aromatic heterocycles. The maximum absolute atomic E-state index is 12.8. The zero-order chi connectivity index (χ0) is 15.1. The van der Waals surface area contributed by atoms with Gasteiger partial charge in [0.2, 0.25) is 0 Å². The molecule has 1 saturated heterocycles. The lowest BCUT2D eigenvalue weighted by Crippen LogP contribution is -2.43. The number of ether oxygens (including phenoxy) is 1. The Labute approximate surface area is 128 Å². The summed E-state index contributed by atoms with van der Waals surface area (Å²) in [7, 11) is 1.40. The summed E-state index contributed by atoms with van der Waals surface area (Å²) in [5.74, 6) is 0.350. The molecule has 0 aromatic carbocycles. The van der Waals surface area contributed by atoms with Gasteiger partial charge in [-0.3, -0.25) is 4.79 Å². The van der Waals surface area contributed by atoms with Gasteiger partial charge in [-0.25, -0.2) is 9.78 Å². The first-order valence-corrected chi connectivity index (χ1v) is 8.17. The highest BCUT2D eigenvalue weighted by atomic mass is 32.1. The fourth-order valence-corrected chi connectivity index (χ4v) is 4.67. The Balaban J connectivity index is 1.91. The summed E-state index contributed by atoms with van der Waals surface area (Å²) in [6.07, 6.45) is 3.25. The summed E-state index contributed by atoms with van der Waals surface area (Å²) in [4.78, 5) is 31.7. The number of hydrogen-bond donors (Lipinski definition) is 0. The second kappa shape index (κ2) is 5.40. The number of likely N-dealkylation sites (tertiary alicyclic amines) is 1. The molecule has 2 heterocycles. The average molecular weight is 308 g/mol. The van der Waals surface area contributed by atoms with Gasteiger partial charge in [-0.05, 0) is 38.5 Å². The number of amides is 1. The van der Waals surface area contributed by atoms with E-state index in [1.54, 1.807) is 4.90 Å². The average Bonchev–Trinajstić information content (AvgIpc) is 3.10. The molecule has 3 atom stereocenters. The highest BCUT2D eigenvalue weighted by Crippen LogP contribution is 2.43. The van der Waals surface area contributed by atoms with Crippen molar-refractivity contribution in [3.05, 3.63) is 15.6 Å². The predicted octanol–water partition coefficient (Wildman–Crippen LogP) is 2.17. The highest BCUT2D eigenvalue weighted by Gasteiger charge is 2.50. The Bertz CT molecular complexity index is 583. The van der Waals surface area contributed by atoms with Gasteiger partial charge in [-0.1, -0.05) is 6.42 Å². The van der Waals surface area contributed by atoms with Crippen LogP contribution < -0.4 is 0 Å². The Morgan fingerprint density at radius 3 is 2.71 bits per heavy atom. The Morgan fingerprint density at radius 2 is 2.10 bits per heavy atom. The third-order valence-corrected chi connectivity index (χ3v) is 5.75. The lowest BCUT2D eigenvalue weighted by atomic mass is 9.94. The van der Waals surface area contributed by atoms with Gasteiger partial charge in [0.25, 0.3) is 5.91 Å². The molecule has 5 nitrogen and oxygen atoms in total. The fourth-order valence-electron chi connectivity index (χ4n) is 3.80. The van der Waals surface area contributed by atoms with Crippen molar-refractivity contribution in [1.29, 1.82) is 0 Å². The first kappa shape index (κ1) is 14.5. The van der Waals surface area contributed by atoms with E-state index in [1.165, 1.54) is 18.4 Å². The van der Waals surface area contributed by atoms with E-state index in [2.05, 4.69) is 4.98 Å². The number of aromatic nitrogens is 1. The maximum Gasteiger partial charge on any atom is 0.328 e. The molecule has 6 heteroatoms. The molecule has 0 unspecified atom stereocenters. The first-order valence-electron chi connectivity index (χ1n) is 7.35. The van der Waals surface area contributed by atoms with Gasteiger partial charge in [0, 0.05) is 6.54 Å². The van der Waals surface area contributed by atoms with Crippen molar-refractivity contribution < 1.29 is 14.3 Å². The number of thiazole rings is 1. The van der Waals surface area contributed by atoms with Gasteiger partial charge >= 0.3 is 5.97 Å². The van der Waals surface area contributed by atoms with Crippen LogP contribution in [0.4, 0.5) is 0 Å². The van der Waals surface area contributed by atoms with E-state index in [9.17, 15) is 9.59 Å². The number of rotatable bonds is 2. The normalized spacial score (nSPS) is 27.8. The molecule has 0 radical (unpaired) electrons. The van der Waals surface area contributed by atoms with Crippen LogP contribution in [0.15, 0.2) is 0 Å². The number of methoxy groups -OCH3 is 1. The van der Waals surface area contributed by atoms with E-state index >= 15 is 0 Å². The summed E-state index contributed by atoms with van der Waals surface area (Å²) < 4.78 is 4.95. The van der Waals surface area contributed by atoms with Crippen molar-refractivity contribution in [1.82, 2.24) is 9.88 Å². The fraction of sp³-hybridized carbons (Fsp3) is 0.667. The lowest BCUT2D eigenvalue weighted by Gasteiger charge is -2.25. The van der Waals surface area contributed by atoms with Crippen LogP contribution in [0.3, 0.4) is 0 Å². The molecule has 1 aliphatic carbocycles. The molecule has 0 spiro atoms. The number of hydrogen-bond acceptors (Lipinski definition) is 5. The molecule has 114 valence electrons. The molecular weight excluding hydrogens is 288 g/mol.